The first-order valence-electron chi connectivity index (χ1n) is 6.17. The Balaban J connectivity index is 1.94. The Hall–Kier alpha value is -1.86. The number of carboxylic acids is 1. The molecule has 2 atom stereocenters. The predicted molar refractivity (Wildman–Crippen MR) is 69.7 cm³/mol. The maximum Gasteiger partial charge on any atom is 0.248 e. The van der Waals surface area contributed by atoms with E-state index in [9.17, 15) is 14.7 Å². The van der Waals surface area contributed by atoms with Gasteiger partial charge < -0.3 is 15.6 Å². The van der Waals surface area contributed by atoms with Crippen molar-refractivity contribution in [2.75, 3.05) is 5.75 Å². The second-order valence-electron chi connectivity index (χ2n) is 4.72. The van der Waals surface area contributed by atoms with Crippen LogP contribution in [0.15, 0.2) is 41.9 Å². The maximum atomic E-state index is 11.8. The van der Waals surface area contributed by atoms with Gasteiger partial charge in [-0.1, -0.05) is 6.07 Å². The molecule has 1 saturated heterocycles. The molecule has 20 heavy (non-hydrogen) atoms. The number of fused-ring (bicyclic) bond motifs is 1. The highest BCUT2D eigenvalue weighted by atomic mass is 32.2. The minimum atomic E-state index is -1.32. The molecule has 0 spiro atoms. The summed E-state index contributed by atoms with van der Waals surface area (Å²) in [5.41, 5.74) is 6.34. The fraction of sp³-hybridized carbons (Fsp3) is 0.308. The van der Waals surface area contributed by atoms with E-state index in [2.05, 4.69) is 0 Å². The summed E-state index contributed by atoms with van der Waals surface area (Å²) >= 11 is 1.49. The Labute approximate surface area is 119 Å². The minimum absolute atomic E-state index is 0.0168. The quantitative estimate of drug-likeness (QED) is 0.525. The first kappa shape index (κ1) is 13.1. The standard InChI is InChI=1S/C13H13N3O3S/c14-9-11(17)16-10(13(18)19)8(7-20-12(9)16)6-15-4-2-1-3-5-15/h1-5,9,12H,6-7,14H2. The number of carboxylic acid groups (broad SMARTS) is 1. The molecule has 0 aromatic carbocycles. The van der Waals surface area contributed by atoms with Gasteiger partial charge in [0.05, 0.1) is 11.7 Å². The van der Waals surface area contributed by atoms with Crippen LogP contribution in [0, 0.1) is 0 Å². The van der Waals surface area contributed by atoms with E-state index >= 15 is 0 Å². The first-order valence-corrected chi connectivity index (χ1v) is 7.22. The van der Waals surface area contributed by atoms with E-state index in [1.165, 1.54) is 16.7 Å². The number of β-lactam (4-membered cyclic amide) rings is 1. The Kier molecular flexibility index (Phi) is 3.23. The highest BCUT2D eigenvalue weighted by Gasteiger charge is 2.50. The molecule has 2 N–H and O–H groups in total. The van der Waals surface area contributed by atoms with Crippen molar-refractivity contribution < 1.29 is 19.3 Å². The Morgan fingerprint density at radius 1 is 1.45 bits per heavy atom. The Bertz CT molecular complexity index is 602. The van der Waals surface area contributed by atoms with Crippen molar-refractivity contribution in [2.45, 2.75) is 18.0 Å². The van der Waals surface area contributed by atoms with Crippen molar-refractivity contribution in [3.63, 3.8) is 0 Å². The van der Waals surface area contributed by atoms with Crippen LogP contribution in [0.3, 0.4) is 0 Å². The lowest BCUT2D eigenvalue weighted by molar-refractivity contribution is -0.689. The second-order valence-corrected chi connectivity index (χ2v) is 5.83. The lowest BCUT2D eigenvalue weighted by atomic mass is 10.0. The highest BCUT2D eigenvalue weighted by Crippen LogP contribution is 2.39. The third-order valence-corrected chi connectivity index (χ3v) is 4.79. The van der Waals surface area contributed by atoms with Crippen LogP contribution >= 0.6 is 11.8 Å². The van der Waals surface area contributed by atoms with Gasteiger partial charge >= 0.3 is 0 Å². The summed E-state index contributed by atoms with van der Waals surface area (Å²) in [4.78, 5) is 24.4. The van der Waals surface area contributed by atoms with Gasteiger partial charge in [-0.3, -0.25) is 9.69 Å². The molecule has 0 aliphatic carbocycles. The molecule has 3 rings (SSSR count). The van der Waals surface area contributed by atoms with E-state index in [1.54, 1.807) is 0 Å². The fourth-order valence-corrected chi connectivity index (χ4v) is 3.73. The topological polar surface area (TPSA) is 90.3 Å². The van der Waals surface area contributed by atoms with E-state index in [1.807, 2.05) is 35.2 Å². The summed E-state index contributed by atoms with van der Waals surface area (Å²) in [6, 6.07) is 5.00. The van der Waals surface area contributed by atoms with Crippen LogP contribution in [-0.4, -0.2) is 33.9 Å². The smallest absolute Gasteiger partial charge is 0.248 e. The summed E-state index contributed by atoms with van der Waals surface area (Å²) < 4.78 is 1.86. The number of carbonyl (C=O) groups excluding carboxylic acids is 2. The van der Waals surface area contributed by atoms with Gasteiger partial charge in [-0.05, 0) is 0 Å². The van der Waals surface area contributed by atoms with Gasteiger partial charge in [0.25, 0.3) is 0 Å². The largest absolute Gasteiger partial charge is 0.543 e. The van der Waals surface area contributed by atoms with E-state index in [4.69, 9.17) is 5.73 Å². The van der Waals surface area contributed by atoms with Crippen molar-refractivity contribution in [3.05, 3.63) is 41.9 Å². The highest BCUT2D eigenvalue weighted by molar-refractivity contribution is 8.00. The SMILES string of the molecule is NC1C(=O)N2C(C(=O)[O-])=C(C[n+]3ccccc3)CSC12. The summed E-state index contributed by atoms with van der Waals surface area (Å²) in [6.45, 7) is 0.420. The third-order valence-electron chi connectivity index (χ3n) is 3.43. The first-order chi connectivity index (χ1) is 9.59. The zero-order chi connectivity index (χ0) is 14.3. The Morgan fingerprint density at radius 3 is 2.80 bits per heavy atom. The molecule has 2 aliphatic rings. The number of pyridine rings is 1. The van der Waals surface area contributed by atoms with Gasteiger partial charge in [-0.25, -0.2) is 4.57 Å². The second kappa shape index (κ2) is 4.92. The molecule has 0 radical (unpaired) electrons. The number of rotatable bonds is 3. The molecule has 1 aromatic heterocycles. The fourth-order valence-electron chi connectivity index (χ4n) is 2.45. The third kappa shape index (κ3) is 1.99. The summed E-state index contributed by atoms with van der Waals surface area (Å²) in [6.07, 6.45) is 3.70. The van der Waals surface area contributed by atoms with Gasteiger partial charge in [-0.15, -0.1) is 11.8 Å². The van der Waals surface area contributed by atoms with Gasteiger partial charge in [0.2, 0.25) is 5.91 Å². The lowest BCUT2D eigenvalue weighted by Crippen LogP contribution is -2.69. The Morgan fingerprint density at radius 2 is 2.15 bits per heavy atom. The van der Waals surface area contributed by atoms with Gasteiger partial charge in [0.1, 0.15) is 11.4 Å². The maximum absolute atomic E-state index is 11.8. The minimum Gasteiger partial charge on any atom is -0.543 e. The number of hydrogen-bond acceptors (Lipinski definition) is 5. The van der Waals surface area contributed by atoms with Gasteiger partial charge in [-0.2, -0.15) is 0 Å². The van der Waals surface area contributed by atoms with Crippen LogP contribution in [0.1, 0.15) is 0 Å². The van der Waals surface area contributed by atoms with Crippen molar-refractivity contribution in [1.82, 2.24) is 4.90 Å². The van der Waals surface area contributed by atoms with Crippen LogP contribution < -0.4 is 15.4 Å². The van der Waals surface area contributed by atoms with Crippen LogP contribution in [0.25, 0.3) is 0 Å². The summed E-state index contributed by atoms with van der Waals surface area (Å²) in [7, 11) is 0. The van der Waals surface area contributed by atoms with E-state index < -0.39 is 12.0 Å². The molecule has 1 amide bonds. The molecule has 3 heterocycles. The molecule has 7 heteroatoms. The summed E-state index contributed by atoms with van der Waals surface area (Å²) in [5, 5.41) is 11.1. The van der Waals surface area contributed by atoms with Crippen LogP contribution in [-0.2, 0) is 16.1 Å². The normalized spacial score (nSPS) is 25.2. The van der Waals surface area contributed by atoms with Crippen molar-refractivity contribution in [1.29, 1.82) is 0 Å². The number of aromatic nitrogens is 1. The van der Waals surface area contributed by atoms with Crippen LogP contribution in [0.5, 0.6) is 0 Å². The summed E-state index contributed by atoms with van der Waals surface area (Å²) in [5.74, 6) is -1.13. The number of carbonyl (C=O) groups is 2. The van der Waals surface area contributed by atoms with Crippen LogP contribution in [0.4, 0.5) is 0 Å². The molecule has 0 saturated carbocycles. The average Bonchev–Trinajstić information content (AvgIpc) is 2.46. The molecule has 1 fully saturated rings. The van der Waals surface area contributed by atoms with E-state index in [-0.39, 0.29) is 17.0 Å². The predicted octanol–water partition coefficient (Wildman–Crippen LogP) is -1.78. The van der Waals surface area contributed by atoms with Gasteiger partial charge in [0, 0.05) is 23.5 Å². The van der Waals surface area contributed by atoms with E-state index in [0.717, 1.165) is 0 Å². The molecular formula is C13H13N3O3S. The number of amides is 1. The molecule has 2 unspecified atom stereocenters. The number of hydrogen-bond donors (Lipinski definition) is 1. The molecule has 104 valence electrons. The number of nitrogens with two attached hydrogens (primary N) is 1. The number of aliphatic carboxylic acids is 1. The lowest BCUT2D eigenvalue weighted by Gasteiger charge is -2.49. The molecule has 1 aromatic rings. The average molecular weight is 291 g/mol. The molecular weight excluding hydrogens is 278 g/mol. The van der Waals surface area contributed by atoms with E-state index in [0.29, 0.717) is 17.9 Å². The monoisotopic (exact) mass is 291 g/mol. The molecule has 0 bridgehead atoms. The van der Waals surface area contributed by atoms with Gasteiger partial charge in [0.15, 0.2) is 18.9 Å². The molecule has 6 nitrogen and oxygen atoms in total. The van der Waals surface area contributed by atoms with Crippen molar-refractivity contribution in [2.24, 2.45) is 5.73 Å². The number of nitrogens with zero attached hydrogens (tertiary/aromatic N) is 2. The van der Waals surface area contributed by atoms with Crippen molar-refractivity contribution in [3.8, 4) is 0 Å². The zero-order valence-electron chi connectivity index (χ0n) is 10.6. The van der Waals surface area contributed by atoms with Crippen molar-refractivity contribution >= 4 is 23.6 Å². The number of thioether (sulfide) groups is 1. The zero-order valence-corrected chi connectivity index (χ0v) is 11.4. The van der Waals surface area contributed by atoms with Crippen LogP contribution in [0.2, 0.25) is 0 Å². The molecule has 2 aliphatic heterocycles.